The summed E-state index contributed by atoms with van der Waals surface area (Å²) in [5.41, 5.74) is 3.51. The van der Waals surface area contributed by atoms with Crippen molar-refractivity contribution in [3.05, 3.63) is 29.5 Å². The van der Waals surface area contributed by atoms with Crippen molar-refractivity contribution < 1.29 is 9.47 Å². The van der Waals surface area contributed by atoms with Gasteiger partial charge in [0.2, 0.25) is 0 Å². The Morgan fingerprint density at radius 2 is 1.80 bits per heavy atom. The predicted molar refractivity (Wildman–Crippen MR) is 123 cm³/mol. The number of nitrogens with zero attached hydrogens (tertiary/aromatic N) is 3. The Morgan fingerprint density at radius 3 is 2.50 bits per heavy atom. The monoisotopic (exact) mass is 411 g/mol. The molecule has 0 unspecified atom stereocenters. The molecule has 0 saturated carbocycles. The van der Waals surface area contributed by atoms with E-state index in [-0.39, 0.29) is 0 Å². The zero-order valence-electron chi connectivity index (χ0n) is 19.1. The third-order valence-electron chi connectivity index (χ3n) is 6.70. The molecule has 5 heteroatoms. The van der Waals surface area contributed by atoms with Crippen LogP contribution < -0.4 is 9.47 Å². The Balaban J connectivity index is 1.55. The molecule has 2 fully saturated rings. The van der Waals surface area contributed by atoms with E-state index < -0.39 is 0 Å². The number of hydrogen-bond acceptors (Lipinski definition) is 5. The van der Waals surface area contributed by atoms with E-state index >= 15 is 0 Å². The van der Waals surface area contributed by atoms with Crippen LogP contribution in [0.4, 0.5) is 0 Å². The van der Waals surface area contributed by atoms with Gasteiger partial charge in [0, 0.05) is 29.6 Å². The lowest BCUT2D eigenvalue weighted by Gasteiger charge is -2.30. The van der Waals surface area contributed by atoms with Crippen LogP contribution in [0, 0.1) is 12.8 Å². The van der Waals surface area contributed by atoms with E-state index in [0.29, 0.717) is 18.4 Å². The Labute approximate surface area is 181 Å². The van der Waals surface area contributed by atoms with Gasteiger partial charge in [0.05, 0.1) is 19.2 Å². The van der Waals surface area contributed by atoms with Crippen molar-refractivity contribution >= 4 is 10.9 Å². The molecule has 2 saturated heterocycles. The van der Waals surface area contributed by atoms with Gasteiger partial charge in [0.25, 0.3) is 0 Å². The van der Waals surface area contributed by atoms with E-state index in [1.165, 1.54) is 49.7 Å². The van der Waals surface area contributed by atoms with Gasteiger partial charge in [-0.15, -0.1) is 0 Å². The molecule has 0 amide bonds. The van der Waals surface area contributed by atoms with Crippen molar-refractivity contribution in [2.45, 2.75) is 45.4 Å². The van der Waals surface area contributed by atoms with Crippen LogP contribution in [0.1, 0.15) is 49.8 Å². The summed E-state index contributed by atoms with van der Waals surface area (Å²) in [7, 11) is 3.95. The number of likely N-dealkylation sites (tertiary alicyclic amines) is 2. The summed E-state index contributed by atoms with van der Waals surface area (Å²) in [5.74, 6) is 2.70. The van der Waals surface area contributed by atoms with Crippen molar-refractivity contribution in [3.8, 4) is 11.5 Å². The summed E-state index contributed by atoms with van der Waals surface area (Å²) < 4.78 is 12.0. The average molecular weight is 412 g/mol. The van der Waals surface area contributed by atoms with E-state index in [4.69, 9.17) is 14.5 Å². The Kier molecular flexibility index (Phi) is 6.79. The van der Waals surface area contributed by atoms with Crippen LogP contribution in [-0.4, -0.2) is 68.3 Å². The molecule has 0 aliphatic carbocycles. The van der Waals surface area contributed by atoms with Gasteiger partial charge in [-0.05, 0) is 89.4 Å². The number of methoxy groups -OCH3 is 1. The highest BCUT2D eigenvalue weighted by molar-refractivity contribution is 5.86. The van der Waals surface area contributed by atoms with Gasteiger partial charge >= 0.3 is 0 Å². The largest absolute Gasteiger partial charge is 0.493 e. The lowest BCUT2D eigenvalue weighted by Crippen LogP contribution is -2.29. The lowest BCUT2D eigenvalue weighted by molar-refractivity contribution is 0.201. The van der Waals surface area contributed by atoms with Gasteiger partial charge in [-0.25, -0.2) is 0 Å². The first-order chi connectivity index (χ1) is 14.5. The topological polar surface area (TPSA) is 37.8 Å². The number of pyridine rings is 1. The molecular formula is C25H37N3O2. The summed E-state index contributed by atoms with van der Waals surface area (Å²) >= 11 is 0. The number of fused-ring (bicyclic) bond motifs is 1. The fourth-order valence-electron chi connectivity index (χ4n) is 5.02. The molecule has 0 radical (unpaired) electrons. The van der Waals surface area contributed by atoms with Crippen molar-refractivity contribution in [1.29, 1.82) is 0 Å². The molecule has 3 heterocycles. The van der Waals surface area contributed by atoms with Crippen LogP contribution >= 0.6 is 0 Å². The predicted octanol–water partition coefficient (Wildman–Crippen LogP) is 4.47. The fraction of sp³-hybridized carbons (Fsp3) is 0.640. The van der Waals surface area contributed by atoms with Gasteiger partial charge in [-0.1, -0.05) is 6.92 Å². The minimum absolute atomic E-state index is 0.490. The summed E-state index contributed by atoms with van der Waals surface area (Å²) in [6.07, 6.45) is 5.06. The first-order valence-corrected chi connectivity index (χ1v) is 11.6. The number of ether oxygens (including phenoxy) is 2. The number of benzene rings is 1. The molecule has 2 aliphatic heterocycles. The summed E-state index contributed by atoms with van der Waals surface area (Å²) in [5, 5.41) is 1.21. The van der Waals surface area contributed by atoms with Crippen LogP contribution in [0.5, 0.6) is 11.5 Å². The Morgan fingerprint density at radius 1 is 1.07 bits per heavy atom. The molecule has 0 N–H and O–H groups in total. The van der Waals surface area contributed by atoms with E-state index in [9.17, 15) is 0 Å². The molecule has 0 spiro atoms. The Hall–Kier alpha value is -1.85. The highest BCUT2D eigenvalue weighted by Gasteiger charge is 2.22. The fourth-order valence-corrected chi connectivity index (χ4v) is 5.02. The van der Waals surface area contributed by atoms with Crippen molar-refractivity contribution in [2.75, 3.05) is 53.5 Å². The maximum Gasteiger partial charge on any atom is 0.163 e. The van der Waals surface area contributed by atoms with Gasteiger partial charge < -0.3 is 19.3 Å². The molecule has 2 aromatic rings. The van der Waals surface area contributed by atoms with Crippen molar-refractivity contribution in [3.63, 3.8) is 0 Å². The molecule has 4 rings (SSSR count). The summed E-state index contributed by atoms with van der Waals surface area (Å²) in [4.78, 5) is 9.80. The van der Waals surface area contributed by atoms with Gasteiger partial charge in [0.1, 0.15) is 0 Å². The maximum absolute atomic E-state index is 6.25. The molecule has 2 aliphatic rings. The number of rotatable bonds is 7. The smallest absolute Gasteiger partial charge is 0.163 e. The van der Waals surface area contributed by atoms with Crippen molar-refractivity contribution in [2.24, 2.45) is 5.92 Å². The second kappa shape index (κ2) is 9.52. The molecule has 5 nitrogen and oxygen atoms in total. The van der Waals surface area contributed by atoms with Gasteiger partial charge in [-0.2, -0.15) is 0 Å². The van der Waals surface area contributed by atoms with E-state index in [1.54, 1.807) is 7.11 Å². The minimum Gasteiger partial charge on any atom is -0.493 e. The standard InChI is InChI=1S/C25H37N3O2/c1-18(16-28-9-5-6-10-28)17-30-25-15-23-22(14-24(25)29-4)21(13-19(2)26-23)20-7-11-27(3)12-8-20/h13-15,18,20H,5-12,16-17H2,1-4H3/t18-/m1/s1. The molecule has 1 atom stereocenters. The maximum atomic E-state index is 6.25. The SMILES string of the molecule is COc1cc2c(C3CCN(C)CC3)cc(C)nc2cc1OC[C@H](C)CN1CCCC1. The van der Waals surface area contributed by atoms with Crippen LogP contribution in [0.25, 0.3) is 10.9 Å². The minimum atomic E-state index is 0.490. The quantitative estimate of drug-likeness (QED) is 0.672. The second-order valence-electron chi connectivity index (χ2n) is 9.37. The van der Waals surface area contributed by atoms with E-state index in [2.05, 4.69) is 48.9 Å². The van der Waals surface area contributed by atoms with Crippen molar-refractivity contribution in [1.82, 2.24) is 14.8 Å². The van der Waals surface area contributed by atoms with Gasteiger partial charge in [0.15, 0.2) is 11.5 Å². The lowest BCUT2D eigenvalue weighted by atomic mass is 9.87. The van der Waals surface area contributed by atoms with Crippen LogP contribution in [0.3, 0.4) is 0 Å². The third-order valence-corrected chi connectivity index (χ3v) is 6.70. The number of piperidine rings is 1. The number of hydrogen-bond donors (Lipinski definition) is 0. The number of aromatic nitrogens is 1. The highest BCUT2D eigenvalue weighted by atomic mass is 16.5. The molecule has 30 heavy (non-hydrogen) atoms. The van der Waals surface area contributed by atoms with Crippen LogP contribution in [0.2, 0.25) is 0 Å². The Bertz CT molecular complexity index is 855. The normalized spacial score (nSPS) is 20.0. The van der Waals surface area contributed by atoms with Crippen LogP contribution in [-0.2, 0) is 0 Å². The first kappa shape index (κ1) is 21.4. The zero-order chi connectivity index (χ0) is 21.1. The zero-order valence-corrected chi connectivity index (χ0v) is 19.1. The molecule has 1 aromatic carbocycles. The van der Waals surface area contributed by atoms with Gasteiger partial charge in [-0.3, -0.25) is 4.98 Å². The summed E-state index contributed by atoms with van der Waals surface area (Å²) in [6, 6.07) is 6.51. The highest BCUT2D eigenvalue weighted by Crippen LogP contribution is 2.38. The molecule has 164 valence electrons. The third kappa shape index (κ3) is 4.89. The molecule has 1 aromatic heterocycles. The first-order valence-electron chi connectivity index (χ1n) is 11.6. The average Bonchev–Trinajstić information content (AvgIpc) is 3.24. The second-order valence-corrected chi connectivity index (χ2v) is 9.37. The number of aryl methyl sites for hydroxylation is 1. The van der Waals surface area contributed by atoms with E-state index in [0.717, 1.165) is 42.3 Å². The summed E-state index contributed by atoms with van der Waals surface area (Å²) in [6.45, 7) is 10.9. The van der Waals surface area contributed by atoms with E-state index in [1.807, 2.05) is 0 Å². The molecular weight excluding hydrogens is 374 g/mol. The molecule has 0 bridgehead atoms. The van der Waals surface area contributed by atoms with Crippen LogP contribution in [0.15, 0.2) is 18.2 Å².